The summed E-state index contributed by atoms with van der Waals surface area (Å²) in [6.45, 7) is 5.47. The van der Waals surface area contributed by atoms with Crippen molar-refractivity contribution in [3.8, 4) is 5.75 Å². The summed E-state index contributed by atoms with van der Waals surface area (Å²) >= 11 is 0. The Morgan fingerprint density at radius 2 is 2.05 bits per heavy atom. The van der Waals surface area contributed by atoms with Crippen molar-refractivity contribution in [1.82, 2.24) is 0 Å². The molecule has 0 fully saturated rings. The third-order valence-electron chi connectivity index (χ3n) is 3.00. The van der Waals surface area contributed by atoms with Gasteiger partial charge in [-0.1, -0.05) is 38.5 Å². The minimum Gasteiger partial charge on any atom is -0.479 e. The Morgan fingerprint density at radius 3 is 2.53 bits per heavy atom. The number of para-hydroxylation sites is 1. The number of aryl methyl sites for hydroxylation is 1. The number of hydrogen-bond donors (Lipinski definition) is 2. The van der Waals surface area contributed by atoms with E-state index in [2.05, 4.69) is 0 Å². The van der Waals surface area contributed by atoms with Crippen LogP contribution in [0.3, 0.4) is 0 Å². The van der Waals surface area contributed by atoms with Gasteiger partial charge in [-0.05, 0) is 25.3 Å². The highest BCUT2D eigenvalue weighted by molar-refractivity contribution is 5.72. The van der Waals surface area contributed by atoms with E-state index in [0.717, 1.165) is 18.4 Å². The molecule has 0 saturated heterocycles. The molecule has 1 aromatic carbocycles. The quantitative estimate of drug-likeness (QED) is 0.796. The normalized spacial score (nSPS) is 13.9. The molecule has 2 N–H and O–H groups in total. The van der Waals surface area contributed by atoms with Crippen molar-refractivity contribution in [1.29, 1.82) is 0 Å². The predicted octanol–water partition coefficient (Wildman–Crippen LogP) is 2.93. The van der Waals surface area contributed by atoms with Gasteiger partial charge in [0, 0.05) is 5.56 Å². The van der Waals surface area contributed by atoms with Crippen molar-refractivity contribution in [2.24, 2.45) is 0 Å². The van der Waals surface area contributed by atoms with Gasteiger partial charge in [0.15, 0.2) is 6.10 Å². The molecule has 0 radical (unpaired) electrons. The molecule has 1 aromatic rings. The number of carbonyl (C=O) groups is 1. The molecule has 0 saturated carbocycles. The fourth-order valence-corrected chi connectivity index (χ4v) is 1.99. The fourth-order valence-electron chi connectivity index (χ4n) is 1.99. The number of ether oxygens (including phenoxy) is 1. The molecule has 0 amide bonds. The van der Waals surface area contributed by atoms with Gasteiger partial charge in [0.1, 0.15) is 5.75 Å². The second-order valence-corrected chi connectivity index (χ2v) is 4.61. The van der Waals surface area contributed by atoms with E-state index in [4.69, 9.17) is 9.84 Å². The van der Waals surface area contributed by atoms with Crippen LogP contribution in [0.15, 0.2) is 18.2 Å². The largest absolute Gasteiger partial charge is 0.479 e. The molecular formula is C15H22O4. The molecule has 0 heterocycles. The number of aliphatic hydroxyl groups is 1. The second kappa shape index (κ2) is 7.14. The SMILES string of the molecule is CCCc1cccc(C(C)O)c1OC(CC)C(=O)O. The van der Waals surface area contributed by atoms with Crippen LogP contribution < -0.4 is 4.74 Å². The van der Waals surface area contributed by atoms with Crippen molar-refractivity contribution in [3.05, 3.63) is 29.3 Å². The summed E-state index contributed by atoms with van der Waals surface area (Å²) in [4.78, 5) is 11.1. The summed E-state index contributed by atoms with van der Waals surface area (Å²) < 4.78 is 5.64. The van der Waals surface area contributed by atoms with Crippen LogP contribution in [0.5, 0.6) is 5.75 Å². The molecule has 0 aliphatic carbocycles. The molecule has 19 heavy (non-hydrogen) atoms. The molecule has 0 bridgehead atoms. The van der Waals surface area contributed by atoms with Crippen molar-refractivity contribution in [2.45, 2.75) is 52.2 Å². The number of hydrogen-bond acceptors (Lipinski definition) is 3. The molecule has 0 aliphatic rings. The summed E-state index contributed by atoms with van der Waals surface area (Å²) in [5.74, 6) is -0.459. The van der Waals surface area contributed by atoms with E-state index in [1.165, 1.54) is 0 Å². The van der Waals surface area contributed by atoms with Crippen LogP contribution >= 0.6 is 0 Å². The Labute approximate surface area is 114 Å². The van der Waals surface area contributed by atoms with Crippen molar-refractivity contribution in [3.63, 3.8) is 0 Å². The van der Waals surface area contributed by atoms with E-state index in [0.29, 0.717) is 17.7 Å². The van der Waals surface area contributed by atoms with Gasteiger partial charge in [0.2, 0.25) is 0 Å². The molecule has 1 rings (SSSR count). The van der Waals surface area contributed by atoms with E-state index in [1.807, 2.05) is 19.1 Å². The standard InChI is InChI=1S/C15H22O4/c1-4-7-11-8-6-9-12(10(3)16)14(11)19-13(5-2)15(17)18/h6,8-10,13,16H,4-5,7H2,1-3H3,(H,17,18). The van der Waals surface area contributed by atoms with Crippen LogP contribution in [0.25, 0.3) is 0 Å². The summed E-state index contributed by atoms with van der Waals surface area (Å²) in [6.07, 6.45) is 0.554. The Kier molecular flexibility index (Phi) is 5.83. The number of carboxylic acids is 1. The number of benzene rings is 1. The highest BCUT2D eigenvalue weighted by atomic mass is 16.5. The van der Waals surface area contributed by atoms with Gasteiger partial charge in [-0.25, -0.2) is 4.79 Å². The Bertz CT molecular complexity index is 426. The Hall–Kier alpha value is -1.55. The zero-order valence-corrected chi connectivity index (χ0v) is 11.7. The van der Waals surface area contributed by atoms with Gasteiger partial charge in [-0.3, -0.25) is 0 Å². The van der Waals surface area contributed by atoms with Crippen molar-refractivity contribution < 1.29 is 19.7 Å². The van der Waals surface area contributed by atoms with E-state index >= 15 is 0 Å². The summed E-state index contributed by atoms with van der Waals surface area (Å²) in [7, 11) is 0. The molecule has 0 aromatic heterocycles. The molecule has 4 nitrogen and oxygen atoms in total. The maximum atomic E-state index is 11.1. The second-order valence-electron chi connectivity index (χ2n) is 4.61. The Morgan fingerprint density at radius 1 is 1.37 bits per heavy atom. The first-order valence-corrected chi connectivity index (χ1v) is 6.70. The molecule has 2 atom stereocenters. The number of aliphatic hydroxyl groups excluding tert-OH is 1. The van der Waals surface area contributed by atoms with Gasteiger partial charge in [-0.15, -0.1) is 0 Å². The average molecular weight is 266 g/mol. The first kappa shape index (κ1) is 15.5. The summed E-state index contributed by atoms with van der Waals surface area (Å²) in [5.41, 5.74) is 1.59. The average Bonchev–Trinajstić information content (AvgIpc) is 2.36. The van der Waals surface area contributed by atoms with Crippen LogP contribution in [0.2, 0.25) is 0 Å². The van der Waals surface area contributed by atoms with E-state index in [-0.39, 0.29) is 0 Å². The Balaban J connectivity index is 3.16. The zero-order chi connectivity index (χ0) is 14.4. The van der Waals surface area contributed by atoms with Gasteiger partial charge in [-0.2, -0.15) is 0 Å². The number of carboxylic acid groups (broad SMARTS) is 1. The van der Waals surface area contributed by atoms with Gasteiger partial charge >= 0.3 is 5.97 Å². The van der Waals surface area contributed by atoms with Crippen LogP contribution in [0.1, 0.15) is 50.8 Å². The smallest absolute Gasteiger partial charge is 0.344 e. The monoisotopic (exact) mass is 266 g/mol. The van der Waals surface area contributed by atoms with Crippen LogP contribution in [-0.2, 0) is 11.2 Å². The lowest BCUT2D eigenvalue weighted by atomic mass is 10.0. The summed E-state index contributed by atoms with van der Waals surface area (Å²) in [5, 5.41) is 18.9. The molecule has 0 spiro atoms. The van der Waals surface area contributed by atoms with E-state index in [1.54, 1.807) is 19.9 Å². The molecule has 2 unspecified atom stereocenters. The first-order chi connectivity index (χ1) is 9.01. The summed E-state index contributed by atoms with van der Waals surface area (Å²) in [6, 6.07) is 5.55. The lowest BCUT2D eigenvalue weighted by molar-refractivity contribution is -0.145. The topological polar surface area (TPSA) is 66.8 Å². The fraction of sp³-hybridized carbons (Fsp3) is 0.533. The highest BCUT2D eigenvalue weighted by Gasteiger charge is 2.21. The third-order valence-corrected chi connectivity index (χ3v) is 3.00. The lowest BCUT2D eigenvalue weighted by Gasteiger charge is -2.20. The van der Waals surface area contributed by atoms with Gasteiger partial charge < -0.3 is 14.9 Å². The van der Waals surface area contributed by atoms with Crippen LogP contribution in [0.4, 0.5) is 0 Å². The van der Waals surface area contributed by atoms with E-state index in [9.17, 15) is 9.90 Å². The van der Waals surface area contributed by atoms with Crippen molar-refractivity contribution in [2.75, 3.05) is 0 Å². The number of rotatable bonds is 7. The minimum atomic E-state index is -0.981. The molecule has 4 heteroatoms. The third kappa shape index (κ3) is 3.96. The van der Waals surface area contributed by atoms with Crippen LogP contribution in [0, 0.1) is 0 Å². The van der Waals surface area contributed by atoms with Crippen molar-refractivity contribution >= 4 is 5.97 Å². The van der Waals surface area contributed by atoms with Crippen LogP contribution in [-0.4, -0.2) is 22.3 Å². The molecule has 0 aliphatic heterocycles. The molecule has 106 valence electrons. The maximum Gasteiger partial charge on any atom is 0.344 e. The van der Waals surface area contributed by atoms with Gasteiger partial charge in [0.25, 0.3) is 0 Å². The molecular weight excluding hydrogens is 244 g/mol. The van der Waals surface area contributed by atoms with Gasteiger partial charge in [0.05, 0.1) is 6.10 Å². The lowest BCUT2D eigenvalue weighted by Crippen LogP contribution is -2.27. The highest BCUT2D eigenvalue weighted by Crippen LogP contribution is 2.31. The van der Waals surface area contributed by atoms with E-state index < -0.39 is 18.2 Å². The zero-order valence-electron chi connectivity index (χ0n) is 11.7. The maximum absolute atomic E-state index is 11.1. The predicted molar refractivity (Wildman–Crippen MR) is 73.4 cm³/mol. The minimum absolute atomic E-state index is 0.384. The first-order valence-electron chi connectivity index (χ1n) is 6.70. The number of aliphatic carboxylic acids is 1.